The van der Waals surface area contributed by atoms with E-state index in [1.807, 2.05) is 13.8 Å². The van der Waals surface area contributed by atoms with Gasteiger partial charge in [0.2, 0.25) is 0 Å². The lowest BCUT2D eigenvalue weighted by atomic mass is 10.1. The summed E-state index contributed by atoms with van der Waals surface area (Å²) in [4.78, 5) is 0. The molecule has 1 N–H and O–H groups in total. The van der Waals surface area contributed by atoms with Gasteiger partial charge in [-0.1, -0.05) is 20.8 Å². The van der Waals surface area contributed by atoms with Crippen LogP contribution in [-0.4, -0.2) is 26.4 Å². The predicted molar refractivity (Wildman–Crippen MR) is 84.3 cm³/mol. The zero-order valence-corrected chi connectivity index (χ0v) is 13.6. The molecule has 1 rings (SSSR count). The summed E-state index contributed by atoms with van der Waals surface area (Å²) in [5, 5.41) is 3.27. The van der Waals surface area contributed by atoms with Gasteiger partial charge in [-0.05, 0) is 44.0 Å². The Balaban J connectivity index is 2.46. The Labute approximate surface area is 127 Å². The molecule has 120 valence electrons. The third-order valence-electron chi connectivity index (χ3n) is 3.27. The van der Waals surface area contributed by atoms with E-state index >= 15 is 0 Å². The van der Waals surface area contributed by atoms with Crippen LogP contribution in [-0.2, 0) is 4.74 Å². The molecule has 0 aliphatic carbocycles. The first-order valence-electron chi connectivity index (χ1n) is 7.78. The molecular weight excluding hydrogens is 269 g/mol. The van der Waals surface area contributed by atoms with E-state index in [1.165, 1.54) is 12.1 Å². The molecule has 0 aromatic heterocycles. The number of benzene rings is 1. The molecule has 0 saturated carbocycles. The maximum Gasteiger partial charge on any atom is 0.124 e. The minimum absolute atomic E-state index is 0.0579. The second-order valence-electron chi connectivity index (χ2n) is 5.60. The number of halogens is 1. The first kappa shape index (κ1) is 17.9. The molecule has 0 spiro atoms. The Kier molecular flexibility index (Phi) is 8.31. The van der Waals surface area contributed by atoms with Gasteiger partial charge < -0.3 is 14.8 Å². The van der Waals surface area contributed by atoms with E-state index in [0.29, 0.717) is 19.1 Å². The summed E-state index contributed by atoms with van der Waals surface area (Å²) < 4.78 is 24.7. The van der Waals surface area contributed by atoms with Gasteiger partial charge in [0.15, 0.2) is 0 Å². The number of hydrogen-bond acceptors (Lipinski definition) is 3. The minimum atomic E-state index is -0.240. The molecule has 1 aromatic rings. The van der Waals surface area contributed by atoms with E-state index in [9.17, 15) is 4.39 Å². The molecule has 0 heterocycles. The molecule has 0 radical (unpaired) electrons. The average molecular weight is 297 g/mol. The molecule has 3 nitrogen and oxygen atoms in total. The molecule has 0 aliphatic heterocycles. The van der Waals surface area contributed by atoms with Crippen molar-refractivity contribution < 1.29 is 13.9 Å². The molecule has 21 heavy (non-hydrogen) atoms. The number of nitrogens with one attached hydrogen (secondary N) is 1. The summed E-state index contributed by atoms with van der Waals surface area (Å²) in [6.07, 6.45) is 1.05. The number of rotatable bonds is 10. The molecule has 0 amide bonds. The molecule has 0 bridgehead atoms. The lowest BCUT2D eigenvalue weighted by molar-refractivity contribution is 0.0921. The molecule has 4 heteroatoms. The summed E-state index contributed by atoms with van der Waals surface area (Å²) in [6.45, 7) is 11.0. The van der Waals surface area contributed by atoms with Crippen LogP contribution in [0.1, 0.15) is 45.7 Å². The van der Waals surface area contributed by atoms with E-state index in [-0.39, 0.29) is 11.9 Å². The first-order valence-corrected chi connectivity index (χ1v) is 7.78. The van der Waals surface area contributed by atoms with Crippen LogP contribution in [0.4, 0.5) is 4.39 Å². The van der Waals surface area contributed by atoms with Crippen molar-refractivity contribution in [3.63, 3.8) is 0 Å². The highest BCUT2D eigenvalue weighted by molar-refractivity contribution is 5.36. The predicted octanol–water partition coefficient (Wildman–Crippen LogP) is 3.94. The lowest BCUT2D eigenvalue weighted by Crippen LogP contribution is -2.19. The minimum Gasteiger partial charge on any atom is -0.491 e. The topological polar surface area (TPSA) is 30.5 Å². The van der Waals surface area contributed by atoms with Gasteiger partial charge in [-0.3, -0.25) is 0 Å². The second kappa shape index (κ2) is 9.74. The van der Waals surface area contributed by atoms with Crippen LogP contribution in [0.2, 0.25) is 0 Å². The number of hydrogen-bond donors (Lipinski definition) is 1. The summed E-state index contributed by atoms with van der Waals surface area (Å²) in [5.74, 6) is 1.13. The van der Waals surface area contributed by atoms with Crippen molar-refractivity contribution >= 4 is 0 Å². The van der Waals surface area contributed by atoms with Crippen molar-refractivity contribution in [2.24, 2.45) is 5.92 Å². The monoisotopic (exact) mass is 297 g/mol. The first-order chi connectivity index (χ1) is 10.0. The maximum absolute atomic E-state index is 13.4. The van der Waals surface area contributed by atoms with Gasteiger partial charge in [0, 0.05) is 18.2 Å². The van der Waals surface area contributed by atoms with Crippen LogP contribution in [0.15, 0.2) is 18.2 Å². The standard InChI is InChI=1S/C17H28FNO2/c1-5-19-14(4)16-12-15(18)6-7-17(16)21-11-10-20-9-8-13(2)3/h6-7,12-14,19H,5,8-11H2,1-4H3. The SMILES string of the molecule is CCNC(C)c1cc(F)ccc1OCCOCCC(C)C. The summed E-state index contributed by atoms with van der Waals surface area (Å²) >= 11 is 0. The van der Waals surface area contributed by atoms with Crippen LogP contribution in [0, 0.1) is 11.7 Å². The van der Waals surface area contributed by atoms with Crippen molar-refractivity contribution in [1.29, 1.82) is 0 Å². The summed E-state index contributed by atoms with van der Waals surface area (Å²) in [6, 6.07) is 4.70. The quantitative estimate of drug-likeness (QED) is 0.664. The van der Waals surface area contributed by atoms with Crippen LogP contribution in [0.3, 0.4) is 0 Å². The molecule has 1 atom stereocenters. The zero-order valence-electron chi connectivity index (χ0n) is 13.6. The van der Waals surface area contributed by atoms with Gasteiger partial charge in [0.05, 0.1) is 6.61 Å². The van der Waals surface area contributed by atoms with E-state index in [2.05, 4.69) is 19.2 Å². The molecule has 0 fully saturated rings. The van der Waals surface area contributed by atoms with E-state index < -0.39 is 0 Å². The van der Waals surface area contributed by atoms with E-state index in [1.54, 1.807) is 6.07 Å². The van der Waals surface area contributed by atoms with Crippen LogP contribution in [0.5, 0.6) is 5.75 Å². The molecule has 1 unspecified atom stereocenters. The molecule has 0 aliphatic rings. The Morgan fingerprint density at radius 2 is 1.90 bits per heavy atom. The van der Waals surface area contributed by atoms with Crippen molar-refractivity contribution in [3.8, 4) is 5.75 Å². The smallest absolute Gasteiger partial charge is 0.124 e. The number of ether oxygens (including phenoxy) is 2. The highest BCUT2D eigenvalue weighted by atomic mass is 19.1. The van der Waals surface area contributed by atoms with Gasteiger partial charge in [-0.2, -0.15) is 0 Å². The molecule has 1 aromatic carbocycles. The molecular formula is C17H28FNO2. The van der Waals surface area contributed by atoms with E-state index in [0.717, 1.165) is 30.9 Å². The summed E-state index contributed by atoms with van der Waals surface area (Å²) in [7, 11) is 0. The molecule has 0 saturated heterocycles. The Bertz CT molecular complexity index is 410. The Hall–Kier alpha value is -1.13. The van der Waals surface area contributed by atoms with Crippen molar-refractivity contribution in [2.45, 2.75) is 40.2 Å². The van der Waals surface area contributed by atoms with Crippen LogP contribution >= 0.6 is 0 Å². The fourth-order valence-corrected chi connectivity index (χ4v) is 2.04. The highest BCUT2D eigenvalue weighted by Gasteiger charge is 2.12. The van der Waals surface area contributed by atoms with Gasteiger partial charge in [-0.25, -0.2) is 4.39 Å². The van der Waals surface area contributed by atoms with Gasteiger partial charge in [-0.15, -0.1) is 0 Å². The van der Waals surface area contributed by atoms with Crippen molar-refractivity contribution in [1.82, 2.24) is 5.32 Å². The van der Waals surface area contributed by atoms with Crippen LogP contribution in [0.25, 0.3) is 0 Å². The zero-order chi connectivity index (χ0) is 15.7. The maximum atomic E-state index is 13.4. The fraction of sp³-hybridized carbons (Fsp3) is 0.647. The van der Waals surface area contributed by atoms with Gasteiger partial charge in [0.1, 0.15) is 18.2 Å². The van der Waals surface area contributed by atoms with Gasteiger partial charge >= 0.3 is 0 Å². The Morgan fingerprint density at radius 3 is 2.57 bits per heavy atom. The second-order valence-corrected chi connectivity index (χ2v) is 5.60. The van der Waals surface area contributed by atoms with E-state index in [4.69, 9.17) is 9.47 Å². The third-order valence-corrected chi connectivity index (χ3v) is 3.27. The lowest BCUT2D eigenvalue weighted by Gasteiger charge is -2.18. The highest BCUT2D eigenvalue weighted by Crippen LogP contribution is 2.26. The van der Waals surface area contributed by atoms with Crippen molar-refractivity contribution in [2.75, 3.05) is 26.4 Å². The van der Waals surface area contributed by atoms with Crippen molar-refractivity contribution in [3.05, 3.63) is 29.6 Å². The fourth-order valence-electron chi connectivity index (χ4n) is 2.04. The Morgan fingerprint density at radius 1 is 1.14 bits per heavy atom. The average Bonchev–Trinajstić information content (AvgIpc) is 2.43. The largest absolute Gasteiger partial charge is 0.491 e. The van der Waals surface area contributed by atoms with Gasteiger partial charge in [0.25, 0.3) is 0 Å². The normalized spacial score (nSPS) is 12.7. The summed E-state index contributed by atoms with van der Waals surface area (Å²) in [5.41, 5.74) is 0.846. The third kappa shape index (κ3) is 6.91. The van der Waals surface area contributed by atoms with Crippen LogP contribution < -0.4 is 10.1 Å².